The summed E-state index contributed by atoms with van der Waals surface area (Å²) < 4.78 is 41.0. The van der Waals surface area contributed by atoms with Gasteiger partial charge < -0.3 is 9.40 Å². The Morgan fingerprint density at radius 2 is 1.52 bits per heavy atom. The van der Waals surface area contributed by atoms with Gasteiger partial charge in [0.15, 0.2) is 0 Å². The van der Waals surface area contributed by atoms with Gasteiger partial charge in [-0.05, 0) is 44.6 Å². The van der Waals surface area contributed by atoms with Crippen LogP contribution in [0, 0.1) is 25.1 Å². The molecule has 0 aliphatic rings. The maximum Gasteiger partial charge on any atom is 3.00 e. The summed E-state index contributed by atoms with van der Waals surface area (Å²) in [6.07, 6.45) is 1.96. The second-order valence-electron chi connectivity index (χ2n) is 13.7. The molecule has 9 aromatic rings. The van der Waals surface area contributed by atoms with Crippen LogP contribution >= 0.6 is 11.3 Å². The molecule has 0 N–H and O–H groups in total. The summed E-state index contributed by atoms with van der Waals surface area (Å²) in [5.41, 5.74) is 7.38. The Labute approximate surface area is 330 Å². The van der Waals surface area contributed by atoms with Gasteiger partial charge >= 0.3 is 20.1 Å². The monoisotopic (exact) mass is 889 g/mol. The molecular weight excluding hydrogens is 847 g/mol. The number of thiophene rings is 1. The number of hydrogen-bond acceptors (Lipinski definition) is 3. The van der Waals surface area contributed by atoms with E-state index in [1.807, 2.05) is 122 Å². The average molecular weight is 889 g/mol. The number of nitrogens with zero attached hydrogens (tertiary/aromatic N) is 1. The van der Waals surface area contributed by atoms with Gasteiger partial charge in [-0.25, -0.2) is 5.56 Å². The number of rotatable bonds is 5. The van der Waals surface area contributed by atoms with Crippen LogP contribution in [-0.2, 0) is 20.1 Å². The number of aromatic nitrogens is 1. The topological polar surface area (TPSA) is 26.0 Å². The number of fused-ring (bicyclic) bond motifs is 6. The molecule has 52 heavy (non-hydrogen) atoms. The van der Waals surface area contributed by atoms with Crippen molar-refractivity contribution in [3.8, 4) is 22.4 Å². The number of para-hydroxylation sites is 1. The molecule has 9 rings (SSSR count). The van der Waals surface area contributed by atoms with Crippen molar-refractivity contribution in [2.45, 2.75) is 39.3 Å². The second kappa shape index (κ2) is 14.8. The van der Waals surface area contributed by atoms with Crippen LogP contribution in [0.1, 0.15) is 35.0 Å². The smallest absolute Gasteiger partial charge is 0.510 e. The third-order valence-corrected chi connectivity index (χ3v) is 12.6. The molecule has 0 aliphatic carbocycles. The van der Waals surface area contributed by atoms with Crippen LogP contribution in [0.3, 0.4) is 0 Å². The summed E-state index contributed by atoms with van der Waals surface area (Å²) in [5.74, 6) is -0.854. The zero-order chi connectivity index (χ0) is 38.5. The molecular formula is C47H38IrNOSSi. The van der Waals surface area contributed by atoms with Crippen LogP contribution in [0.2, 0.25) is 19.6 Å². The van der Waals surface area contributed by atoms with Gasteiger partial charge in [-0.3, -0.25) is 0 Å². The van der Waals surface area contributed by atoms with Crippen LogP contribution in [0.4, 0.5) is 0 Å². The molecule has 0 radical (unpaired) electrons. The van der Waals surface area contributed by atoms with E-state index in [-0.39, 0.29) is 20.1 Å². The summed E-state index contributed by atoms with van der Waals surface area (Å²) in [7, 11) is -1.42. The number of benzene rings is 6. The largest absolute Gasteiger partial charge is 3.00 e. The molecule has 2 nitrogen and oxygen atoms in total. The fraction of sp³-hybridized carbons (Fsp3) is 0.128. The van der Waals surface area contributed by atoms with E-state index >= 15 is 0 Å². The van der Waals surface area contributed by atoms with Crippen LogP contribution < -0.4 is 5.19 Å². The van der Waals surface area contributed by atoms with Gasteiger partial charge in [0.2, 0.25) is 0 Å². The first-order valence-corrected chi connectivity index (χ1v) is 21.4. The zero-order valence-electron chi connectivity index (χ0n) is 33.3. The number of aryl methyl sites for hydroxylation is 1. The molecule has 0 fully saturated rings. The molecule has 256 valence electrons. The summed E-state index contributed by atoms with van der Waals surface area (Å²) in [5, 5.41) is 5.26. The summed E-state index contributed by atoms with van der Waals surface area (Å²) >= 11 is 1.61. The molecule has 0 saturated carbocycles. The van der Waals surface area contributed by atoms with Gasteiger partial charge in [-0.1, -0.05) is 123 Å². The summed E-state index contributed by atoms with van der Waals surface area (Å²) in [4.78, 5) is 4.70. The molecule has 3 aromatic heterocycles. The van der Waals surface area contributed by atoms with Crippen molar-refractivity contribution < 1.29 is 30.0 Å². The van der Waals surface area contributed by atoms with Gasteiger partial charge in [0.05, 0.1) is 8.07 Å². The van der Waals surface area contributed by atoms with Crippen LogP contribution in [0.25, 0.3) is 64.5 Å². The fourth-order valence-electron chi connectivity index (χ4n) is 6.54. The van der Waals surface area contributed by atoms with E-state index in [1.165, 1.54) is 5.19 Å². The number of hydrogen-bond donors (Lipinski definition) is 0. The Hall–Kier alpha value is -4.64. The van der Waals surface area contributed by atoms with Gasteiger partial charge in [-0.15, -0.1) is 41.0 Å². The molecule has 6 aromatic carbocycles. The maximum absolute atomic E-state index is 8.97. The third-order valence-electron chi connectivity index (χ3n) is 9.39. The van der Waals surface area contributed by atoms with Crippen molar-refractivity contribution >= 4 is 66.7 Å². The Bertz CT molecular complexity index is 2820. The van der Waals surface area contributed by atoms with Crippen molar-refractivity contribution in [1.82, 2.24) is 4.98 Å². The van der Waals surface area contributed by atoms with Crippen molar-refractivity contribution in [3.05, 3.63) is 168 Å². The second-order valence-corrected chi connectivity index (χ2v) is 19.9. The van der Waals surface area contributed by atoms with Crippen LogP contribution in [-0.4, -0.2) is 13.1 Å². The van der Waals surface area contributed by atoms with Crippen molar-refractivity contribution in [3.63, 3.8) is 0 Å². The molecule has 0 amide bonds. The van der Waals surface area contributed by atoms with Crippen LogP contribution in [0.5, 0.6) is 0 Å². The zero-order valence-corrected chi connectivity index (χ0v) is 33.5. The van der Waals surface area contributed by atoms with E-state index in [1.54, 1.807) is 17.4 Å². The Morgan fingerprint density at radius 3 is 2.29 bits per heavy atom. The van der Waals surface area contributed by atoms with Gasteiger partial charge in [0, 0.05) is 27.3 Å². The van der Waals surface area contributed by atoms with Crippen molar-refractivity contribution in [2.24, 2.45) is 0 Å². The quantitative estimate of drug-likeness (QED) is 0.127. The first-order valence-electron chi connectivity index (χ1n) is 19.0. The van der Waals surface area contributed by atoms with E-state index in [9.17, 15) is 0 Å². The SMILES string of the molecule is [2H]C(C)(c1ccccc1)c1cc[c-]c(-c2[c-]ccc3c2oc2ccccc23)c1.[2H]C([2H])([2H])c1c[c-]c(-c2ccc([Si](C)(C)C)cn2)c2sc3ccccc3c12.[Ir+3]. The minimum Gasteiger partial charge on any atom is -0.510 e. The minimum atomic E-state index is -2.17. The third kappa shape index (κ3) is 6.82. The molecule has 3 heterocycles. The first kappa shape index (κ1) is 30.9. The first-order chi connectivity index (χ1) is 26.3. The Balaban J connectivity index is 0.000000169. The van der Waals surface area contributed by atoms with Crippen molar-refractivity contribution in [2.75, 3.05) is 0 Å². The average Bonchev–Trinajstić information content (AvgIpc) is 3.77. The van der Waals surface area contributed by atoms with E-state index in [0.717, 1.165) is 75.6 Å². The number of pyridine rings is 1. The van der Waals surface area contributed by atoms with E-state index < -0.39 is 20.8 Å². The Kier molecular flexibility index (Phi) is 8.79. The maximum atomic E-state index is 8.97. The Morgan fingerprint density at radius 1 is 0.769 bits per heavy atom. The predicted octanol–water partition coefficient (Wildman–Crippen LogP) is 12.8. The molecule has 0 spiro atoms. The standard InChI is InChI=1S/C26H18O.C21H20NSSi.Ir/c1-18(19-9-3-2-4-10-19)20-11-7-12-21(17-20)22-14-8-15-24-23-13-5-6-16-25(23)27-26(22)24;1-14-9-11-16(18-12-10-15(13-22-18)24(2,3)4)21-20(14)17-7-5-6-8-19(17)23-21;/h2-11,13,15-18H,1H3;5-10,12-13H,1-4H3;/q-2;-1;+3/i18D;1D3;. The molecule has 1 unspecified atom stereocenters. The number of furan rings is 1. The molecule has 0 saturated heterocycles. The van der Waals surface area contributed by atoms with E-state index in [2.05, 4.69) is 50.0 Å². The molecule has 1 atom stereocenters. The summed E-state index contributed by atoms with van der Waals surface area (Å²) in [6.45, 7) is 6.64. The fourth-order valence-corrected chi connectivity index (χ4v) is 8.81. The van der Waals surface area contributed by atoms with E-state index in [4.69, 9.17) is 14.9 Å². The van der Waals surface area contributed by atoms with E-state index in [0.29, 0.717) is 5.56 Å². The minimum absolute atomic E-state index is 0. The molecule has 0 aliphatic heterocycles. The van der Waals surface area contributed by atoms with Gasteiger partial charge in [0.1, 0.15) is 5.58 Å². The van der Waals surface area contributed by atoms with Gasteiger partial charge in [0.25, 0.3) is 0 Å². The normalized spacial score (nSPS) is 14.1. The van der Waals surface area contributed by atoms with Gasteiger partial charge in [-0.2, -0.15) is 47.2 Å². The van der Waals surface area contributed by atoms with Crippen LogP contribution in [0.15, 0.2) is 138 Å². The summed E-state index contributed by atoms with van der Waals surface area (Å²) in [6, 6.07) is 51.4. The van der Waals surface area contributed by atoms with Crippen molar-refractivity contribution in [1.29, 1.82) is 0 Å². The molecule has 5 heteroatoms. The molecule has 0 bridgehead atoms. The predicted molar refractivity (Wildman–Crippen MR) is 220 cm³/mol.